The van der Waals surface area contributed by atoms with E-state index in [0.717, 1.165) is 28.1 Å². The Morgan fingerprint density at radius 2 is 1.58 bits per heavy atom. The molecule has 3 aromatic rings. The average Bonchev–Trinajstić information content (AvgIpc) is 2.75. The fourth-order valence-corrected chi connectivity index (χ4v) is 4.18. The van der Waals surface area contributed by atoms with Gasteiger partial charge in [-0.1, -0.05) is 74.0 Å². The quantitative estimate of drug-likeness (QED) is 0.547. The van der Waals surface area contributed by atoms with Gasteiger partial charge in [0.15, 0.2) is 5.54 Å². The van der Waals surface area contributed by atoms with Crippen LogP contribution in [0.3, 0.4) is 0 Å². The maximum absolute atomic E-state index is 13.8. The smallest absolute Gasteiger partial charge is 0.255 e. The number of aryl methyl sites for hydroxylation is 2. The van der Waals surface area contributed by atoms with E-state index in [1.807, 2.05) is 74.5 Å². The SMILES string of the molecule is Cc1ccc(N2C(=O)C[C@]2(C(=O)Nc2ccccc2C)c2ccc(C(C)C)cc2)cc1. The molecule has 31 heavy (non-hydrogen) atoms. The standard InChI is InChI=1S/C27H28N2O2/c1-18(2)21-11-13-22(14-12-21)27(26(31)28-24-8-6-5-7-20(24)4)17-25(30)29(27)23-15-9-19(3)10-16-23/h5-16,18H,17H2,1-4H3,(H,28,31)/t27-/m1/s1. The van der Waals surface area contributed by atoms with Gasteiger partial charge in [0, 0.05) is 11.4 Å². The van der Waals surface area contributed by atoms with Gasteiger partial charge in [0.2, 0.25) is 5.91 Å². The van der Waals surface area contributed by atoms with Crippen molar-refractivity contribution in [3.05, 3.63) is 95.1 Å². The van der Waals surface area contributed by atoms with Gasteiger partial charge >= 0.3 is 0 Å². The predicted octanol–water partition coefficient (Wildman–Crippen LogP) is 5.70. The molecule has 4 heteroatoms. The molecule has 4 rings (SSSR count). The molecular weight excluding hydrogens is 384 g/mol. The van der Waals surface area contributed by atoms with E-state index in [4.69, 9.17) is 0 Å². The molecule has 1 N–H and O–H groups in total. The van der Waals surface area contributed by atoms with E-state index in [-0.39, 0.29) is 18.2 Å². The monoisotopic (exact) mass is 412 g/mol. The second-order valence-electron chi connectivity index (χ2n) is 8.65. The topological polar surface area (TPSA) is 49.4 Å². The largest absolute Gasteiger partial charge is 0.323 e. The number of rotatable bonds is 5. The van der Waals surface area contributed by atoms with Gasteiger partial charge in [-0.15, -0.1) is 0 Å². The van der Waals surface area contributed by atoms with Crippen LogP contribution in [0.1, 0.15) is 48.4 Å². The Labute approximate surface area is 183 Å². The van der Waals surface area contributed by atoms with Crippen molar-refractivity contribution in [3.63, 3.8) is 0 Å². The summed E-state index contributed by atoms with van der Waals surface area (Å²) in [7, 11) is 0. The lowest BCUT2D eigenvalue weighted by atomic mass is 9.75. The van der Waals surface area contributed by atoms with E-state index in [1.165, 1.54) is 5.56 Å². The van der Waals surface area contributed by atoms with Gasteiger partial charge in [0.1, 0.15) is 0 Å². The van der Waals surface area contributed by atoms with Gasteiger partial charge in [-0.05, 0) is 54.7 Å². The van der Waals surface area contributed by atoms with E-state index in [9.17, 15) is 9.59 Å². The van der Waals surface area contributed by atoms with Crippen LogP contribution in [0.25, 0.3) is 0 Å². The molecule has 0 spiro atoms. The van der Waals surface area contributed by atoms with E-state index in [1.54, 1.807) is 4.90 Å². The van der Waals surface area contributed by atoms with E-state index in [0.29, 0.717) is 5.92 Å². The van der Waals surface area contributed by atoms with Gasteiger partial charge < -0.3 is 5.32 Å². The van der Waals surface area contributed by atoms with Crippen molar-refractivity contribution in [2.45, 2.75) is 45.6 Å². The summed E-state index contributed by atoms with van der Waals surface area (Å²) in [5.74, 6) is 0.137. The highest BCUT2D eigenvalue weighted by atomic mass is 16.2. The van der Waals surface area contributed by atoms with Crippen molar-refractivity contribution >= 4 is 23.2 Å². The summed E-state index contributed by atoms with van der Waals surface area (Å²) in [6.07, 6.45) is 0.139. The first-order chi connectivity index (χ1) is 14.8. The summed E-state index contributed by atoms with van der Waals surface area (Å²) < 4.78 is 0. The molecule has 1 atom stereocenters. The Balaban J connectivity index is 1.80. The summed E-state index contributed by atoms with van der Waals surface area (Å²) in [6.45, 7) is 8.25. The van der Waals surface area contributed by atoms with E-state index in [2.05, 4.69) is 31.3 Å². The highest BCUT2D eigenvalue weighted by Gasteiger charge is 2.58. The summed E-state index contributed by atoms with van der Waals surface area (Å²) >= 11 is 0. The van der Waals surface area contributed by atoms with Crippen LogP contribution in [-0.4, -0.2) is 11.8 Å². The van der Waals surface area contributed by atoms with Crippen LogP contribution in [-0.2, 0) is 15.1 Å². The van der Waals surface area contributed by atoms with E-state index >= 15 is 0 Å². The molecule has 0 radical (unpaired) electrons. The molecule has 3 aromatic carbocycles. The molecule has 0 unspecified atom stereocenters. The molecule has 2 amide bonds. The molecule has 4 nitrogen and oxygen atoms in total. The van der Waals surface area contributed by atoms with Crippen LogP contribution in [0.4, 0.5) is 11.4 Å². The van der Waals surface area contributed by atoms with Crippen LogP contribution < -0.4 is 10.2 Å². The molecule has 1 aliphatic rings. The lowest BCUT2D eigenvalue weighted by molar-refractivity contribution is -0.137. The summed E-state index contributed by atoms with van der Waals surface area (Å²) in [6, 6.07) is 23.5. The Morgan fingerprint density at radius 3 is 2.16 bits per heavy atom. The first-order valence-corrected chi connectivity index (χ1v) is 10.7. The summed E-state index contributed by atoms with van der Waals surface area (Å²) in [4.78, 5) is 28.3. The number of amides is 2. The Bertz CT molecular complexity index is 1120. The minimum Gasteiger partial charge on any atom is -0.323 e. The second kappa shape index (κ2) is 8.03. The summed E-state index contributed by atoms with van der Waals surface area (Å²) in [5.41, 5.74) is 4.52. The zero-order chi connectivity index (χ0) is 22.2. The molecule has 1 saturated heterocycles. The number of hydrogen-bond acceptors (Lipinski definition) is 2. The predicted molar refractivity (Wildman–Crippen MR) is 125 cm³/mol. The zero-order valence-corrected chi connectivity index (χ0v) is 18.5. The molecule has 158 valence electrons. The van der Waals surface area contributed by atoms with Gasteiger partial charge in [0.05, 0.1) is 6.42 Å². The number of nitrogens with one attached hydrogen (secondary N) is 1. The molecule has 0 bridgehead atoms. The number of para-hydroxylation sites is 1. The molecular formula is C27H28N2O2. The lowest BCUT2D eigenvalue weighted by Crippen LogP contribution is -2.67. The first-order valence-electron chi connectivity index (χ1n) is 10.7. The molecule has 0 aliphatic carbocycles. The number of carbonyl (C=O) groups is 2. The second-order valence-corrected chi connectivity index (χ2v) is 8.65. The number of β-lactam (4-membered cyclic amide) rings is 1. The third-order valence-electron chi connectivity index (χ3n) is 6.15. The van der Waals surface area contributed by atoms with Crippen LogP contribution in [0.5, 0.6) is 0 Å². The minimum atomic E-state index is -1.08. The molecule has 1 fully saturated rings. The normalized spacial score (nSPS) is 18.1. The highest BCUT2D eigenvalue weighted by molar-refractivity contribution is 6.17. The van der Waals surface area contributed by atoms with Crippen molar-refractivity contribution in [3.8, 4) is 0 Å². The average molecular weight is 413 g/mol. The molecule has 1 heterocycles. The number of benzene rings is 3. The number of carbonyl (C=O) groups excluding carboxylic acids is 2. The van der Waals surface area contributed by atoms with Crippen molar-refractivity contribution < 1.29 is 9.59 Å². The number of nitrogens with zero attached hydrogens (tertiary/aromatic N) is 1. The number of anilines is 2. The third kappa shape index (κ3) is 3.63. The molecule has 1 aliphatic heterocycles. The van der Waals surface area contributed by atoms with Crippen LogP contribution in [0.2, 0.25) is 0 Å². The Kier molecular flexibility index (Phi) is 5.40. The fourth-order valence-electron chi connectivity index (χ4n) is 4.18. The number of hydrogen-bond donors (Lipinski definition) is 1. The van der Waals surface area contributed by atoms with Gasteiger partial charge in [0.25, 0.3) is 5.91 Å². The summed E-state index contributed by atoms with van der Waals surface area (Å²) in [5, 5.41) is 3.09. The van der Waals surface area contributed by atoms with Gasteiger partial charge in [-0.25, -0.2) is 0 Å². The molecule has 0 saturated carbocycles. The maximum Gasteiger partial charge on any atom is 0.255 e. The third-order valence-corrected chi connectivity index (χ3v) is 6.15. The van der Waals surface area contributed by atoms with Gasteiger partial charge in [-0.2, -0.15) is 0 Å². The zero-order valence-electron chi connectivity index (χ0n) is 18.5. The Hall–Kier alpha value is -3.40. The van der Waals surface area contributed by atoms with Crippen molar-refractivity contribution in [2.75, 3.05) is 10.2 Å². The van der Waals surface area contributed by atoms with Crippen molar-refractivity contribution in [2.24, 2.45) is 0 Å². The molecule has 0 aromatic heterocycles. The van der Waals surface area contributed by atoms with Crippen LogP contribution >= 0.6 is 0 Å². The van der Waals surface area contributed by atoms with Crippen LogP contribution in [0, 0.1) is 13.8 Å². The van der Waals surface area contributed by atoms with Crippen molar-refractivity contribution in [1.29, 1.82) is 0 Å². The maximum atomic E-state index is 13.8. The fraction of sp³-hybridized carbons (Fsp3) is 0.259. The Morgan fingerprint density at radius 1 is 0.935 bits per heavy atom. The van der Waals surface area contributed by atoms with Crippen molar-refractivity contribution in [1.82, 2.24) is 0 Å². The minimum absolute atomic E-state index is 0.0586. The van der Waals surface area contributed by atoms with Crippen LogP contribution in [0.15, 0.2) is 72.8 Å². The van der Waals surface area contributed by atoms with E-state index < -0.39 is 5.54 Å². The lowest BCUT2D eigenvalue weighted by Gasteiger charge is -2.50. The first kappa shape index (κ1) is 20.9. The van der Waals surface area contributed by atoms with Gasteiger partial charge in [-0.3, -0.25) is 14.5 Å². The highest BCUT2D eigenvalue weighted by Crippen LogP contribution is 2.46.